The number of halogens is 2. The van der Waals surface area contributed by atoms with E-state index in [1.807, 2.05) is 18.2 Å². The van der Waals surface area contributed by atoms with Crippen molar-refractivity contribution in [2.24, 2.45) is 5.92 Å². The fraction of sp³-hybridized carbons (Fsp3) is 0.632. The lowest BCUT2D eigenvalue weighted by Gasteiger charge is -2.24. The predicted molar refractivity (Wildman–Crippen MR) is 110 cm³/mol. The molecule has 2 fully saturated rings. The summed E-state index contributed by atoms with van der Waals surface area (Å²) in [5, 5.41) is 6.25. The molecule has 6 nitrogen and oxygen atoms in total. The van der Waals surface area contributed by atoms with E-state index in [4.69, 9.17) is 0 Å². The Labute approximate surface area is 173 Å². The van der Waals surface area contributed by atoms with Crippen molar-refractivity contribution in [3.63, 3.8) is 0 Å². The minimum atomic E-state index is -0.139. The molecule has 2 amide bonds. The Balaban J connectivity index is 0.00000182. The van der Waals surface area contributed by atoms with Gasteiger partial charge in [0.25, 0.3) is 0 Å². The monoisotopic (exact) mass is 416 g/mol. The maximum atomic E-state index is 12.3. The fourth-order valence-corrected chi connectivity index (χ4v) is 3.89. The smallest absolute Gasteiger partial charge is 0.241 e. The van der Waals surface area contributed by atoms with Crippen LogP contribution in [0.2, 0.25) is 0 Å². The standard InChI is InChI=1S/C19H28N4O2.2ClH/c1-23(11-9-15-7-4-5-10-20-15)18(24)13-21-19(25)17-12-14-6-2-3-8-16(14)22-17;;/h4-5,7,10,14,16-17,22H,2-3,6,8-9,11-13H2,1H3,(H,21,25);2*1H. The molecule has 3 rings (SSSR count). The van der Waals surface area contributed by atoms with Crippen LogP contribution in [0.1, 0.15) is 37.8 Å². The number of hydrogen-bond acceptors (Lipinski definition) is 4. The first-order valence-electron chi connectivity index (χ1n) is 9.31. The summed E-state index contributed by atoms with van der Waals surface area (Å²) in [4.78, 5) is 30.5. The lowest BCUT2D eigenvalue weighted by Crippen LogP contribution is -2.46. The van der Waals surface area contributed by atoms with Crippen molar-refractivity contribution in [1.82, 2.24) is 20.5 Å². The molecule has 152 valence electrons. The van der Waals surface area contributed by atoms with E-state index in [-0.39, 0.29) is 49.2 Å². The third kappa shape index (κ3) is 6.63. The number of carbonyl (C=O) groups is 2. The summed E-state index contributed by atoms with van der Waals surface area (Å²) in [6.07, 6.45) is 8.29. The van der Waals surface area contributed by atoms with Gasteiger partial charge in [0.15, 0.2) is 0 Å². The summed E-state index contributed by atoms with van der Waals surface area (Å²) < 4.78 is 0. The number of carbonyl (C=O) groups excluding carboxylic acids is 2. The average molecular weight is 417 g/mol. The van der Waals surface area contributed by atoms with Gasteiger partial charge in [-0.2, -0.15) is 0 Å². The second-order valence-electron chi connectivity index (χ2n) is 7.21. The highest BCUT2D eigenvalue weighted by Crippen LogP contribution is 2.33. The first-order valence-corrected chi connectivity index (χ1v) is 9.31. The number of aromatic nitrogens is 1. The van der Waals surface area contributed by atoms with Crippen molar-refractivity contribution in [3.05, 3.63) is 30.1 Å². The Morgan fingerprint density at radius 3 is 2.74 bits per heavy atom. The van der Waals surface area contributed by atoms with Crippen LogP contribution in [0.3, 0.4) is 0 Å². The molecule has 1 saturated carbocycles. The summed E-state index contributed by atoms with van der Waals surface area (Å²) in [6, 6.07) is 6.11. The highest BCUT2D eigenvalue weighted by Gasteiger charge is 2.38. The molecule has 0 aromatic carbocycles. The Hall–Kier alpha value is -1.37. The van der Waals surface area contributed by atoms with Gasteiger partial charge in [0.2, 0.25) is 11.8 Å². The van der Waals surface area contributed by atoms with E-state index in [9.17, 15) is 9.59 Å². The molecule has 0 radical (unpaired) electrons. The quantitative estimate of drug-likeness (QED) is 0.742. The highest BCUT2D eigenvalue weighted by molar-refractivity contribution is 5.87. The highest BCUT2D eigenvalue weighted by atomic mass is 35.5. The van der Waals surface area contributed by atoms with E-state index in [0.29, 0.717) is 24.9 Å². The normalized spacial score (nSPS) is 23.4. The molecule has 1 aromatic heterocycles. The van der Waals surface area contributed by atoms with Gasteiger partial charge in [-0.15, -0.1) is 24.8 Å². The van der Waals surface area contributed by atoms with Crippen LogP contribution in [0.4, 0.5) is 0 Å². The number of likely N-dealkylation sites (N-methyl/N-ethyl adjacent to an activating group) is 1. The third-order valence-corrected chi connectivity index (χ3v) is 5.45. The van der Waals surface area contributed by atoms with Gasteiger partial charge in [0.05, 0.1) is 12.6 Å². The minimum absolute atomic E-state index is 0. The molecule has 2 heterocycles. The van der Waals surface area contributed by atoms with E-state index < -0.39 is 0 Å². The summed E-state index contributed by atoms with van der Waals surface area (Å²) in [5.41, 5.74) is 0.962. The van der Waals surface area contributed by atoms with Crippen LogP contribution in [0, 0.1) is 5.92 Å². The van der Waals surface area contributed by atoms with Gasteiger partial charge in [0.1, 0.15) is 0 Å². The Morgan fingerprint density at radius 1 is 1.26 bits per heavy atom. The van der Waals surface area contributed by atoms with Crippen molar-refractivity contribution in [1.29, 1.82) is 0 Å². The molecule has 1 saturated heterocycles. The molecule has 3 unspecified atom stereocenters. The first-order chi connectivity index (χ1) is 12.1. The summed E-state index contributed by atoms with van der Waals surface area (Å²) in [6.45, 7) is 0.655. The Kier molecular flexibility index (Phi) is 10.1. The molecular formula is C19H30Cl2N4O2. The molecule has 1 aromatic rings. The molecule has 27 heavy (non-hydrogen) atoms. The first kappa shape index (κ1) is 23.7. The van der Waals surface area contributed by atoms with Crippen LogP contribution in [0.5, 0.6) is 0 Å². The van der Waals surface area contributed by atoms with Gasteiger partial charge >= 0.3 is 0 Å². The molecule has 8 heteroatoms. The minimum Gasteiger partial charge on any atom is -0.346 e. The van der Waals surface area contributed by atoms with Gasteiger partial charge in [-0.05, 0) is 37.3 Å². The number of nitrogens with one attached hydrogen (secondary N) is 2. The van der Waals surface area contributed by atoms with Crippen LogP contribution >= 0.6 is 24.8 Å². The zero-order valence-corrected chi connectivity index (χ0v) is 17.4. The summed E-state index contributed by atoms with van der Waals surface area (Å²) >= 11 is 0. The van der Waals surface area contributed by atoms with Crippen molar-refractivity contribution >= 4 is 36.6 Å². The van der Waals surface area contributed by atoms with Crippen molar-refractivity contribution in [2.75, 3.05) is 20.1 Å². The van der Waals surface area contributed by atoms with Crippen molar-refractivity contribution < 1.29 is 9.59 Å². The van der Waals surface area contributed by atoms with Crippen molar-refractivity contribution in [3.8, 4) is 0 Å². The molecule has 3 atom stereocenters. The number of rotatable bonds is 6. The molecular weight excluding hydrogens is 387 g/mol. The zero-order valence-electron chi connectivity index (χ0n) is 15.7. The Morgan fingerprint density at radius 2 is 2.04 bits per heavy atom. The van der Waals surface area contributed by atoms with Crippen LogP contribution in [-0.2, 0) is 16.0 Å². The zero-order chi connectivity index (χ0) is 17.6. The van der Waals surface area contributed by atoms with Crippen LogP contribution in [0.25, 0.3) is 0 Å². The van der Waals surface area contributed by atoms with Crippen LogP contribution < -0.4 is 10.6 Å². The molecule has 0 spiro atoms. The average Bonchev–Trinajstić information content (AvgIpc) is 3.09. The van der Waals surface area contributed by atoms with Gasteiger partial charge in [-0.1, -0.05) is 18.9 Å². The fourth-order valence-electron chi connectivity index (χ4n) is 3.89. The maximum Gasteiger partial charge on any atom is 0.241 e. The van der Waals surface area contributed by atoms with Gasteiger partial charge in [-0.3, -0.25) is 14.6 Å². The van der Waals surface area contributed by atoms with Crippen molar-refractivity contribution in [2.45, 2.75) is 50.6 Å². The number of hydrogen-bond donors (Lipinski definition) is 2. The summed E-state index contributed by atoms with van der Waals surface area (Å²) in [7, 11) is 1.76. The topological polar surface area (TPSA) is 74.3 Å². The lowest BCUT2D eigenvalue weighted by molar-refractivity contribution is -0.132. The maximum absolute atomic E-state index is 12.3. The Bertz CT molecular complexity index is 589. The second-order valence-corrected chi connectivity index (χ2v) is 7.21. The van der Waals surface area contributed by atoms with E-state index in [1.54, 1.807) is 18.1 Å². The number of pyridine rings is 1. The van der Waals surface area contributed by atoms with E-state index in [2.05, 4.69) is 15.6 Å². The van der Waals surface area contributed by atoms with Gasteiger partial charge in [-0.25, -0.2) is 0 Å². The third-order valence-electron chi connectivity index (χ3n) is 5.45. The molecule has 1 aliphatic heterocycles. The predicted octanol–water partition coefficient (Wildman–Crippen LogP) is 1.96. The molecule has 2 aliphatic rings. The SMILES string of the molecule is CN(CCc1ccccn1)C(=O)CNC(=O)C1CC2CCCCC2N1.Cl.Cl. The van der Waals surface area contributed by atoms with E-state index in [1.165, 1.54) is 25.7 Å². The van der Waals surface area contributed by atoms with Gasteiger partial charge in [0, 0.05) is 37.9 Å². The number of amides is 2. The second kappa shape index (κ2) is 11.5. The van der Waals surface area contributed by atoms with Crippen LogP contribution in [0.15, 0.2) is 24.4 Å². The largest absolute Gasteiger partial charge is 0.346 e. The molecule has 2 N–H and O–H groups in total. The lowest BCUT2D eigenvalue weighted by atomic mass is 9.85. The van der Waals surface area contributed by atoms with Crippen LogP contribution in [-0.4, -0.2) is 53.9 Å². The molecule has 1 aliphatic carbocycles. The number of fused-ring (bicyclic) bond motifs is 1. The van der Waals surface area contributed by atoms with E-state index >= 15 is 0 Å². The number of nitrogens with zero attached hydrogens (tertiary/aromatic N) is 2. The van der Waals surface area contributed by atoms with Gasteiger partial charge < -0.3 is 15.5 Å². The molecule has 0 bridgehead atoms. The van der Waals surface area contributed by atoms with E-state index in [0.717, 1.165) is 12.1 Å². The summed E-state index contributed by atoms with van der Waals surface area (Å²) in [5.74, 6) is 0.516.